The lowest BCUT2D eigenvalue weighted by atomic mass is 10.1. The molecule has 0 aliphatic rings. The van der Waals surface area contributed by atoms with E-state index in [0.29, 0.717) is 5.92 Å². The molecule has 0 aromatic heterocycles. The molecule has 4 heteroatoms. The summed E-state index contributed by atoms with van der Waals surface area (Å²) >= 11 is 0. The predicted octanol–water partition coefficient (Wildman–Crippen LogP) is 3.42. The first-order chi connectivity index (χ1) is 8.41. The zero-order valence-electron chi connectivity index (χ0n) is 11.1. The first-order valence-corrected chi connectivity index (χ1v) is 6.23. The van der Waals surface area contributed by atoms with Crippen molar-refractivity contribution in [1.82, 2.24) is 0 Å². The van der Waals surface area contributed by atoms with Crippen molar-refractivity contribution >= 4 is 0 Å². The molecule has 2 unspecified atom stereocenters. The smallest absolute Gasteiger partial charge is 0.163 e. The van der Waals surface area contributed by atoms with Crippen molar-refractivity contribution in [3.8, 4) is 0 Å². The van der Waals surface area contributed by atoms with Crippen LogP contribution in [0.2, 0.25) is 0 Å². The molecule has 0 saturated heterocycles. The molecule has 0 saturated carbocycles. The van der Waals surface area contributed by atoms with Crippen molar-refractivity contribution in [2.24, 2.45) is 11.7 Å². The van der Waals surface area contributed by atoms with Gasteiger partial charge in [-0.2, -0.15) is 0 Å². The van der Waals surface area contributed by atoms with Crippen LogP contribution in [-0.2, 0) is 4.74 Å². The fourth-order valence-corrected chi connectivity index (χ4v) is 1.90. The lowest BCUT2D eigenvalue weighted by Crippen LogP contribution is -2.23. The average molecular weight is 257 g/mol. The van der Waals surface area contributed by atoms with Gasteiger partial charge in [0.25, 0.3) is 0 Å². The van der Waals surface area contributed by atoms with E-state index in [9.17, 15) is 8.78 Å². The SMILES string of the molecule is CC(C)CC(C)OCC(N)c1cccc(F)c1F. The summed E-state index contributed by atoms with van der Waals surface area (Å²) in [6.45, 7) is 6.35. The Bertz CT molecular complexity index is 382. The average Bonchev–Trinajstić information content (AvgIpc) is 2.29. The summed E-state index contributed by atoms with van der Waals surface area (Å²) in [6, 6.07) is 3.37. The van der Waals surface area contributed by atoms with Crippen molar-refractivity contribution < 1.29 is 13.5 Å². The number of hydrogen-bond donors (Lipinski definition) is 1. The van der Waals surface area contributed by atoms with E-state index in [1.807, 2.05) is 6.92 Å². The van der Waals surface area contributed by atoms with Gasteiger partial charge in [0.05, 0.1) is 18.8 Å². The minimum absolute atomic E-state index is 0.0627. The first-order valence-electron chi connectivity index (χ1n) is 6.23. The van der Waals surface area contributed by atoms with Gasteiger partial charge >= 0.3 is 0 Å². The van der Waals surface area contributed by atoms with Crippen LogP contribution in [0.1, 0.15) is 38.8 Å². The fraction of sp³-hybridized carbons (Fsp3) is 0.571. The van der Waals surface area contributed by atoms with Gasteiger partial charge in [-0.1, -0.05) is 26.0 Å². The second-order valence-electron chi connectivity index (χ2n) is 5.02. The lowest BCUT2D eigenvalue weighted by Gasteiger charge is -2.19. The number of rotatable bonds is 6. The summed E-state index contributed by atoms with van der Waals surface area (Å²) in [4.78, 5) is 0. The molecular formula is C14H21F2NO. The van der Waals surface area contributed by atoms with Gasteiger partial charge in [0.1, 0.15) is 0 Å². The summed E-state index contributed by atoms with van der Waals surface area (Å²) in [5.41, 5.74) is 5.97. The molecule has 1 aromatic rings. The standard InChI is InChI=1S/C14H21F2NO/c1-9(2)7-10(3)18-8-13(17)11-5-4-6-12(15)14(11)16/h4-6,9-10,13H,7-8,17H2,1-3H3. The van der Waals surface area contributed by atoms with E-state index in [1.54, 1.807) is 0 Å². The number of ether oxygens (including phenoxy) is 1. The molecular weight excluding hydrogens is 236 g/mol. The Hall–Kier alpha value is -1.00. The van der Waals surface area contributed by atoms with Gasteiger partial charge in [-0.05, 0) is 25.3 Å². The molecule has 102 valence electrons. The highest BCUT2D eigenvalue weighted by Gasteiger charge is 2.16. The number of benzene rings is 1. The van der Waals surface area contributed by atoms with Crippen LogP contribution in [-0.4, -0.2) is 12.7 Å². The molecule has 0 aliphatic heterocycles. The van der Waals surface area contributed by atoms with E-state index >= 15 is 0 Å². The van der Waals surface area contributed by atoms with Crippen LogP contribution >= 0.6 is 0 Å². The van der Waals surface area contributed by atoms with Gasteiger partial charge in [-0.25, -0.2) is 8.78 Å². The molecule has 0 amide bonds. The highest BCUT2D eigenvalue weighted by molar-refractivity contribution is 5.22. The zero-order valence-corrected chi connectivity index (χ0v) is 11.1. The molecule has 2 atom stereocenters. The van der Waals surface area contributed by atoms with Crippen LogP contribution in [0.3, 0.4) is 0 Å². The maximum absolute atomic E-state index is 13.5. The van der Waals surface area contributed by atoms with Crippen molar-refractivity contribution in [1.29, 1.82) is 0 Å². The Kier molecular flexibility index (Phi) is 5.69. The molecule has 1 aromatic carbocycles. The molecule has 0 heterocycles. The molecule has 0 radical (unpaired) electrons. The van der Waals surface area contributed by atoms with Crippen molar-refractivity contribution in [2.45, 2.75) is 39.3 Å². The van der Waals surface area contributed by atoms with Crippen molar-refractivity contribution in [2.75, 3.05) is 6.61 Å². The zero-order chi connectivity index (χ0) is 13.7. The highest BCUT2D eigenvalue weighted by atomic mass is 19.2. The van der Waals surface area contributed by atoms with Gasteiger partial charge in [-0.15, -0.1) is 0 Å². The molecule has 2 nitrogen and oxygen atoms in total. The van der Waals surface area contributed by atoms with Gasteiger partial charge in [0.15, 0.2) is 11.6 Å². The largest absolute Gasteiger partial charge is 0.377 e. The summed E-state index contributed by atoms with van der Waals surface area (Å²) in [5, 5.41) is 0. The van der Waals surface area contributed by atoms with Gasteiger partial charge in [0, 0.05) is 5.56 Å². The minimum atomic E-state index is -0.884. The minimum Gasteiger partial charge on any atom is -0.377 e. The highest BCUT2D eigenvalue weighted by Crippen LogP contribution is 2.19. The summed E-state index contributed by atoms with van der Waals surface area (Å²) < 4.78 is 32.1. The van der Waals surface area contributed by atoms with E-state index in [2.05, 4.69) is 13.8 Å². The topological polar surface area (TPSA) is 35.2 Å². The Morgan fingerprint density at radius 1 is 1.22 bits per heavy atom. The lowest BCUT2D eigenvalue weighted by molar-refractivity contribution is 0.0424. The second kappa shape index (κ2) is 6.81. The maximum atomic E-state index is 13.5. The van der Waals surface area contributed by atoms with Crippen molar-refractivity contribution in [3.63, 3.8) is 0 Å². The van der Waals surface area contributed by atoms with Crippen LogP contribution in [0.5, 0.6) is 0 Å². The molecule has 0 fully saturated rings. The van der Waals surface area contributed by atoms with E-state index in [4.69, 9.17) is 10.5 Å². The van der Waals surface area contributed by atoms with Crippen LogP contribution in [0.25, 0.3) is 0 Å². The van der Waals surface area contributed by atoms with Gasteiger partial charge < -0.3 is 10.5 Å². The summed E-state index contributed by atoms with van der Waals surface area (Å²) in [5.74, 6) is -1.23. The van der Waals surface area contributed by atoms with Crippen LogP contribution in [0.15, 0.2) is 18.2 Å². The number of halogens is 2. The molecule has 0 aliphatic carbocycles. The van der Waals surface area contributed by atoms with Crippen molar-refractivity contribution in [3.05, 3.63) is 35.4 Å². The van der Waals surface area contributed by atoms with Gasteiger partial charge in [0.2, 0.25) is 0 Å². The quantitative estimate of drug-likeness (QED) is 0.847. The molecule has 0 bridgehead atoms. The van der Waals surface area contributed by atoms with E-state index in [1.165, 1.54) is 12.1 Å². The summed E-state index contributed by atoms with van der Waals surface area (Å²) in [7, 11) is 0. The number of hydrogen-bond acceptors (Lipinski definition) is 2. The monoisotopic (exact) mass is 257 g/mol. The molecule has 1 rings (SSSR count). The first kappa shape index (κ1) is 15.1. The van der Waals surface area contributed by atoms with Crippen LogP contribution in [0, 0.1) is 17.6 Å². The Morgan fingerprint density at radius 2 is 1.89 bits per heavy atom. The Morgan fingerprint density at radius 3 is 2.50 bits per heavy atom. The van der Waals surface area contributed by atoms with E-state index < -0.39 is 17.7 Å². The Labute approximate surface area is 107 Å². The Balaban J connectivity index is 2.55. The fourth-order valence-electron chi connectivity index (χ4n) is 1.90. The number of nitrogens with two attached hydrogens (primary N) is 1. The third-order valence-corrected chi connectivity index (χ3v) is 2.74. The normalized spacial score (nSPS) is 14.8. The molecule has 0 spiro atoms. The molecule has 2 N–H and O–H groups in total. The molecule has 18 heavy (non-hydrogen) atoms. The third-order valence-electron chi connectivity index (χ3n) is 2.74. The second-order valence-corrected chi connectivity index (χ2v) is 5.02. The summed E-state index contributed by atoms with van der Waals surface area (Å²) in [6.07, 6.45) is 0.978. The van der Waals surface area contributed by atoms with Crippen LogP contribution in [0.4, 0.5) is 8.78 Å². The van der Waals surface area contributed by atoms with E-state index in [0.717, 1.165) is 12.5 Å². The third kappa shape index (κ3) is 4.35. The van der Waals surface area contributed by atoms with E-state index in [-0.39, 0.29) is 18.3 Å². The van der Waals surface area contributed by atoms with Gasteiger partial charge in [-0.3, -0.25) is 0 Å². The maximum Gasteiger partial charge on any atom is 0.163 e. The predicted molar refractivity (Wildman–Crippen MR) is 68.2 cm³/mol. The van der Waals surface area contributed by atoms with Crippen LogP contribution < -0.4 is 5.73 Å².